The molecule has 0 radical (unpaired) electrons. The fraction of sp³-hybridized carbons (Fsp3) is 0.471. The lowest BCUT2D eigenvalue weighted by Gasteiger charge is -2.21. The molecule has 2 aromatic rings. The van der Waals surface area contributed by atoms with E-state index in [0.717, 1.165) is 10.6 Å². The highest BCUT2D eigenvalue weighted by Gasteiger charge is 2.16. The number of ether oxygens (including phenoxy) is 1. The summed E-state index contributed by atoms with van der Waals surface area (Å²) in [4.78, 5) is 15.3. The molecule has 2 heterocycles. The summed E-state index contributed by atoms with van der Waals surface area (Å²) in [6.07, 6.45) is 1.62. The van der Waals surface area contributed by atoms with Gasteiger partial charge in [-0.1, -0.05) is 19.9 Å². The molecule has 2 aromatic heterocycles. The van der Waals surface area contributed by atoms with E-state index >= 15 is 0 Å². The molecule has 0 bridgehead atoms. The Morgan fingerprint density at radius 3 is 2.87 bits per heavy atom. The number of rotatable bonds is 9. The third kappa shape index (κ3) is 6.46. The normalized spacial score (nSPS) is 10.9. The van der Waals surface area contributed by atoms with E-state index in [4.69, 9.17) is 9.15 Å². The van der Waals surface area contributed by atoms with Crippen LogP contribution in [-0.4, -0.2) is 30.7 Å². The monoisotopic (exact) mass is 336 g/mol. The van der Waals surface area contributed by atoms with Crippen LogP contribution >= 0.6 is 11.3 Å². The second-order valence-corrected chi connectivity index (χ2v) is 6.75. The van der Waals surface area contributed by atoms with Crippen LogP contribution in [0.2, 0.25) is 0 Å². The van der Waals surface area contributed by atoms with Gasteiger partial charge in [0.1, 0.15) is 5.76 Å². The fourth-order valence-corrected chi connectivity index (χ4v) is 2.76. The molecular weight excluding hydrogens is 312 g/mol. The van der Waals surface area contributed by atoms with Crippen molar-refractivity contribution >= 4 is 17.4 Å². The van der Waals surface area contributed by atoms with Crippen LogP contribution < -0.4 is 5.32 Å². The number of hydrogen-bond donors (Lipinski definition) is 1. The quantitative estimate of drug-likeness (QED) is 0.710. The lowest BCUT2D eigenvalue weighted by molar-refractivity contribution is 0.110. The zero-order valence-corrected chi connectivity index (χ0v) is 14.5. The Hall–Kier alpha value is -1.79. The van der Waals surface area contributed by atoms with Crippen LogP contribution in [-0.2, 0) is 17.8 Å². The number of furan rings is 1. The Labute approximate surface area is 141 Å². The first kappa shape index (κ1) is 17.6. The minimum atomic E-state index is -0.108. The molecule has 0 unspecified atom stereocenters. The van der Waals surface area contributed by atoms with Gasteiger partial charge in [-0.2, -0.15) is 0 Å². The van der Waals surface area contributed by atoms with Crippen LogP contribution in [0.3, 0.4) is 0 Å². The highest BCUT2D eigenvalue weighted by molar-refractivity contribution is 7.09. The van der Waals surface area contributed by atoms with Crippen molar-refractivity contribution in [1.29, 1.82) is 0 Å². The molecule has 1 N–H and O–H groups in total. The van der Waals surface area contributed by atoms with E-state index in [1.165, 1.54) is 0 Å². The summed E-state index contributed by atoms with van der Waals surface area (Å²) < 4.78 is 10.8. The molecule has 0 aliphatic carbocycles. The molecule has 23 heavy (non-hydrogen) atoms. The van der Waals surface area contributed by atoms with Gasteiger partial charge in [-0.3, -0.25) is 0 Å². The molecule has 0 aliphatic heterocycles. The maximum atomic E-state index is 12.4. The SMILES string of the molecule is CC(C)COCCNC(=O)N(Cc1ccco1)Cc1cccs1. The Balaban J connectivity index is 1.83. The number of nitrogens with zero attached hydrogens (tertiary/aromatic N) is 1. The highest BCUT2D eigenvalue weighted by Crippen LogP contribution is 2.14. The van der Waals surface area contributed by atoms with Gasteiger partial charge in [0.15, 0.2) is 0 Å². The molecule has 0 aliphatic rings. The van der Waals surface area contributed by atoms with Gasteiger partial charge in [0.25, 0.3) is 0 Å². The van der Waals surface area contributed by atoms with E-state index in [1.54, 1.807) is 22.5 Å². The van der Waals surface area contributed by atoms with Gasteiger partial charge in [-0.15, -0.1) is 11.3 Å². The van der Waals surface area contributed by atoms with E-state index in [1.807, 2.05) is 29.6 Å². The third-order valence-corrected chi connectivity index (χ3v) is 3.98. The first-order chi connectivity index (χ1) is 11.1. The minimum Gasteiger partial charge on any atom is -0.467 e. The van der Waals surface area contributed by atoms with E-state index in [2.05, 4.69) is 19.2 Å². The summed E-state index contributed by atoms with van der Waals surface area (Å²) in [6.45, 7) is 6.96. The van der Waals surface area contributed by atoms with E-state index in [9.17, 15) is 4.79 Å². The topological polar surface area (TPSA) is 54.7 Å². The number of hydrogen-bond acceptors (Lipinski definition) is 4. The Bertz CT molecular complexity index is 516. The Kier molecular flexibility index (Phi) is 7.16. The molecule has 6 heteroatoms. The van der Waals surface area contributed by atoms with Crippen LogP contribution in [0.15, 0.2) is 40.3 Å². The number of nitrogens with one attached hydrogen (secondary N) is 1. The average Bonchev–Trinajstić information content (AvgIpc) is 3.19. The number of carbonyl (C=O) groups is 1. The largest absolute Gasteiger partial charge is 0.467 e. The summed E-state index contributed by atoms with van der Waals surface area (Å²) in [5.41, 5.74) is 0. The molecule has 0 spiro atoms. The number of urea groups is 1. The predicted molar refractivity (Wildman–Crippen MR) is 91.3 cm³/mol. The van der Waals surface area contributed by atoms with Crippen molar-refractivity contribution in [3.8, 4) is 0 Å². The van der Waals surface area contributed by atoms with Crippen molar-refractivity contribution in [2.75, 3.05) is 19.8 Å². The second kappa shape index (κ2) is 9.37. The molecular formula is C17H24N2O3S. The van der Waals surface area contributed by atoms with Crippen LogP contribution in [0.4, 0.5) is 4.79 Å². The minimum absolute atomic E-state index is 0.108. The summed E-state index contributed by atoms with van der Waals surface area (Å²) in [7, 11) is 0. The van der Waals surface area contributed by atoms with Gasteiger partial charge in [-0.25, -0.2) is 4.79 Å². The second-order valence-electron chi connectivity index (χ2n) is 5.72. The number of amides is 2. The van der Waals surface area contributed by atoms with Crippen LogP contribution in [0.1, 0.15) is 24.5 Å². The van der Waals surface area contributed by atoms with Crippen LogP contribution in [0, 0.1) is 5.92 Å². The van der Waals surface area contributed by atoms with Crippen molar-refractivity contribution in [3.05, 3.63) is 46.5 Å². The van der Waals surface area contributed by atoms with Crippen molar-refractivity contribution in [3.63, 3.8) is 0 Å². The predicted octanol–water partition coefficient (Wildman–Crippen LogP) is 3.73. The summed E-state index contributed by atoms with van der Waals surface area (Å²) >= 11 is 1.64. The molecule has 0 atom stereocenters. The van der Waals surface area contributed by atoms with E-state index < -0.39 is 0 Å². The van der Waals surface area contributed by atoms with Gasteiger partial charge in [0.05, 0.1) is 26.0 Å². The van der Waals surface area contributed by atoms with E-state index in [0.29, 0.717) is 38.8 Å². The molecule has 2 amide bonds. The molecule has 126 valence electrons. The molecule has 0 fully saturated rings. The summed E-state index contributed by atoms with van der Waals surface area (Å²) in [5.74, 6) is 1.27. The first-order valence-corrected chi connectivity index (χ1v) is 8.68. The molecule has 0 saturated heterocycles. The van der Waals surface area contributed by atoms with Gasteiger partial charge >= 0.3 is 6.03 Å². The first-order valence-electron chi connectivity index (χ1n) is 7.80. The standard InChI is InChI=1S/C17H24N2O3S/c1-14(2)13-21-9-7-18-17(20)19(11-15-5-3-8-22-15)12-16-6-4-10-23-16/h3-6,8,10,14H,7,9,11-13H2,1-2H3,(H,18,20). The van der Waals surface area contributed by atoms with Crippen molar-refractivity contribution in [2.24, 2.45) is 5.92 Å². The lowest BCUT2D eigenvalue weighted by atomic mass is 10.2. The zero-order chi connectivity index (χ0) is 16.5. The lowest BCUT2D eigenvalue weighted by Crippen LogP contribution is -2.40. The van der Waals surface area contributed by atoms with Crippen molar-refractivity contribution < 1.29 is 13.9 Å². The third-order valence-electron chi connectivity index (χ3n) is 3.11. The fourth-order valence-electron chi connectivity index (χ4n) is 2.04. The molecule has 5 nitrogen and oxygen atoms in total. The van der Waals surface area contributed by atoms with Gasteiger partial charge in [0.2, 0.25) is 0 Å². The maximum absolute atomic E-state index is 12.4. The molecule has 0 saturated carbocycles. The maximum Gasteiger partial charge on any atom is 0.318 e. The molecule has 0 aromatic carbocycles. The van der Waals surface area contributed by atoms with Gasteiger partial charge < -0.3 is 19.4 Å². The van der Waals surface area contributed by atoms with Crippen molar-refractivity contribution in [2.45, 2.75) is 26.9 Å². The zero-order valence-electron chi connectivity index (χ0n) is 13.7. The summed E-state index contributed by atoms with van der Waals surface area (Å²) in [5, 5.41) is 4.92. The Morgan fingerprint density at radius 2 is 2.22 bits per heavy atom. The summed E-state index contributed by atoms with van der Waals surface area (Å²) in [6, 6.07) is 7.61. The number of carbonyl (C=O) groups excluding carboxylic acids is 1. The smallest absolute Gasteiger partial charge is 0.318 e. The van der Waals surface area contributed by atoms with E-state index in [-0.39, 0.29) is 6.03 Å². The average molecular weight is 336 g/mol. The van der Waals surface area contributed by atoms with Crippen molar-refractivity contribution in [1.82, 2.24) is 10.2 Å². The Morgan fingerprint density at radius 1 is 1.35 bits per heavy atom. The number of thiophene rings is 1. The highest BCUT2D eigenvalue weighted by atomic mass is 32.1. The van der Waals surface area contributed by atoms with Gasteiger partial charge in [-0.05, 0) is 29.5 Å². The van der Waals surface area contributed by atoms with Crippen LogP contribution in [0.5, 0.6) is 0 Å². The van der Waals surface area contributed by atoms with Crippen LogP contribution in [0.25, 0.3) is 0 Å². The van der Waals surface area contributed by atoms with Gasteiger partial charge in [0, 0.05) is 18.0 Å². The molecule has 2 rings (SSSR count).